The molecule has 24 heavy (non-hydrogen) atoms. The number of nitrogens with zero attached hydrogens (tertiary/aromatic N) is 1. The number of primary amides is 1. The zero-order chi connectivity index (χ0) is 16.8. The molecule has 3 N–H and O–H groups in total. The maximum atomic E-state index is 11.6. The molecule has 3 rings (SSSR count). The first kappa shape index (κ1) is 16.5. The molecule has 2 aromatic carbocycles. The second-order valence-electron chi connectivity index (χ2n) is 6.68. The predicted molar refractivity (Wildman–Crippen MR) is 97.6 cm³/mol. The minimum absolute atomic E-state index is 0.236. The monoisotopic (exact) mass is 323 g/mol. The van der Waals surface area contributed by atoms with Crippen molar-refractivity contribution in [2.75, 3.05) is 18.4 Å². The molecule has 0 unspecified atom stereocenters. The molecule has 0 bridgehead atoms. The second kappa shape index (κ2) is 7.49. The van der Waals surface area contributed by atoms with E-state index >= 15 is 0 Å². The van der Waals surface area contributed by atoms with Crippen molar-refractivity contribution in [3.8, 4) is 0 Å². The quantitative estimate of drug-likeness (QED) is 0.859. The Kier molecular flexibility index (Phi) is 5.16. The van der Waals surface area contributed by atoms with Gasteiger partial charge >= 0.3 is 0 Å². The van der Waals surface area contributed by atoms with E-state index in [-0.39, 0.29) is 11.4 Å². The van der Waals surface area contributed by atoms with E-state index in [1.807, 2.05) is 36.4 Å². The van der Waals surface area contributed by atoms with Gasteiger partial charge in [-0.15, -0.1) is 0 Å². The maximum absolute atomic E-state index is 11.6. The normalized spacial score (nSPS) is 17.3. The molecule has 0 saturated carbocycles. The zero-order valence-corrected chi connectivity index (χ0v) is 13.9. The highest BCUT2D eigenvalue weighted by atomic mass is 16.1. The Morgan fingerprint density at radius 2 is 1.58 bits per heavy atom. The van der Waals surface area contributed by atoms with Gasteiger partial charge in [0.1, 0.15) is 0 Å². The van der Waals surface area contributed by atoms with Crippen molar-refractivity contribution in [2.45, 2.75) is 31.3 Å². The maximum Gasteiger partial charge on any atom is 0.219 e. The van der Waals surface area contributed by atoms with Gasteiger partial charge in [-0.05, 0) is 30.5 Å². The topological polar surface area (TPSA) is 58.4 Å². The van der Waals surface area contributed by atoms with Crippen LogP contribution in [0.1, 0.15) is 24.8 Å². The lowest BCUT2D eigenvalue weighted by atomic mass is 9.83. The van der Waals surface area contributed by atoms with E-state index < -0.39 is 0 Å². The van der Waals surface area contributed by atoms with Gasteiger partial charge in [-0.3, -0.25) is 9.69 Å². The minimum atomic E-state index is -0.241. The number of likely N-dealkylation sites (tertiary alicyclic amines) is 1. The number of benzene rings is 2. The largest absolute Gasteiger partial charge is 0.379 e. The van der Waals surface area contributed by atoms with Crippen molar-refractivity contribution in [1.29, 1.82) is 0 Å². The number of carbonyl (C=O) groups excluding carboxylic acids is 1. The third-order valence-electron chi connectivity index (χ3n) is 4.76. The van der Waals surface area contributed by atoms with Gasteiger partial charge in [0, 0.05) is 37.3 Å². The summed E-state index contributed by atoms with van der Waals surface area (Å²) in [6.45, 7) is 2.88. The van der Waals surface area contributed by atoms with Crippen LogP contribution >= 0.6 is 0 Å². The van der Waals surface area contributed by atoms with Gasteiger partial charge in [0.25, 0.3) is 0 Å². The van der Waals surface area contributed by atoms with Gasteiger partial charge in [-0.1, -0.05) is 48.5 Å². The minimum Gasteiger partial charge on any atom is -0.379 e. The third kappa shape index (κ3) is 4.36. The van der Waals surface area contributed by atoms with Crippen LogP contribution in [-0.2, 0) is 11.3 Å². The standard InChI is InChI=1S/C20H25N3O/c21-19(24)15-20(22-18-9-5-2-6-10-18)11-13-23(14-12-20)16-17-7-3-1-4-8-17/h1-10,22H,11-16H2,(H2,21,24). The summed E-state index contributed by atoms with van der Waals surface area (Å²) in [6.07, 6.45) is 2.20. The van der Waals surface area contributed by atoms with Crippen LogP contribution in [0.5, 0.6) is 0 Å². The number of anilines is 1. The number of amides is 1. The van der Waals surface area contributed by atoms with Crippen molar-refractivity contribution in [1.82, 2.24) is 4.90 Å². The molecule has 4 heteroatoms. The van der Waals surface area contributed by atoms with Crippen LogP contribution in [0.4, 0.5) is 5.69 Å². The van der Waals surface area contributed by atoms with Crippen LogP contribution in [0.2, 0.25) is 0 Å². The van der Waals surface area contributed by atoms with Crippen LogP contribution in [0, 0.1) is 0 Å². The Bertz CT molecular complexity index is 649. The van der Waals surface area contributed by atoms with E-state index in [2.05, 4.69) is 34.5 Å². The summed E-state index contributed by atoms with van der Waals surface area (Å²) < 4.78 is 0. The van der Waals surface area contributed by atoms with Gasteiger partial charge in [-0.25, -0.2) is 0 Å². The summed E-state index contributed by atoms with van der Waals surface area (Å²) in [5.41, 5.74) is 7.67. The molecule has 0 atom stereocenters. The van der Waals surface area contributed by atoms with E-state index in [4.69, 9.17) is 5.73 Å². The van der Waals surface area contributed by atoms with Crippen molar-refractivity contribution in [3.05, 3.63) is 66.2 Å². The molecular formula is C20H25N3O. The van der Waals surface area contributed by atoms with E-state index in [1.165, 1.54) is 5.56 Å². The van der Waals surface area contributed by atoms with Crippen LogP contribution in [0.3, 0.4) is 0 Å². The molecular weight excluding hydrogens is 298 g/mol. The van der Waals surface area contributed by atoms with Crippen LogP contribution in [0.15, 0.2) is 60.7 Å². The number of piperidine rings is 1. The second-order valence-corrected chi connectivity index (χ2v) is 6.68. The summed E-state index contributed by atoms with van der Waals surface area (Å²) in [5.74, 6) is -0.241. The Labute approximate surface area is 143 Å². The van der Waals surface area contributed by atoms with Crippen molar-refractivity contribution < 1.29 is 4.79 Å². The molecule has 4 nitrogen and oxygen atoms in total. The van der Waals surface area contributed by atoms with Crippen LogP contribution < -0.4 is 11.1 Å². The fourth-order valence-electron chi connectivity index (χ4n) is 3.49. The van der Waals surface area contributed by atoms with E-state index in [1.54, 1.807) is 0 Å². The fourth-order valence-corrected chi connectivity index (χ4v) is 3.49. The lowest BCUT2D eigenvalue weighted by Gasteiger charge is -2.42. The summed E-state index contributed by atoms with van der Waals surface area (Å²) in [7, 11) is 0. The summed E-state index contributed by atoms with van der Waals surface area (Å²) >= 11 is 0. The SMILES string of the molecule is NC(=O)CC1(Nc2ccccc2)CCN(Cc2ccccc2)CC1. The van der Waals surface area contributed by atoms with E-state index in [0.717, 1.165) is 38.2 Å². The number of para-hydroxylation sites is 1. The van der Waals surface area contributed by atoms with Crippen LogP contribution in [0.25, 0.3) is 0 Å². The molecule has 1 saturated heterocycles. The highest BCUT2D eigenvalue weighted by Gasteiger charge is 2.35. The lowest BCUT2D eigenvalue weighted by Crippen LogP contribution is -2.51. The Morgan fingerprint density at radius 1 is 1.00 bits per heavy atom. The zero-order valence-electron chi connectivity index (χ0n) is 13.9. The third-order valence-corrected chi connectivity index (χ3v) is 4.76. The Balaban J connectivity index is 1.65. The molecule has 0 aromatic heterocycles. The number of hydrogen-bond acceptors (Lipinski definition) is 3. The Morgan fingerprint density at radius 3 is 2.17 bits per heavy atom. The first-order valence-electron chi connectivity index (χ1n) is 8.53. The first-order valence-corrected chi connectivity index (χ1v) is 8.53. The average molecular weight is 323 g/mol. The van der Waals surface area contributed by atoms with E-state index in [9.17, 15) is 4.79 Å². The Hall–Kier alpha value is -2.33. The number of hydrogen-bond donors (Lipinski definition) is 2. The number of nitrogens with one attached hydrogen (secondary N) is 1. The van der Waals surface area contributed by atoms with Gasteiger partial charge in [-0.2, -0.15) is 0 Å². The van der Waals surface area contributed by atoms with Crippen molar-refractivity contribution in [3.63, 3.8) is 0 Å². The molecule has 1 aliphatic rings. The van der Waals surface area contributed by atoms with Gasteiger partial charge < -0.3 is 11.1 Å². The number of nitrogens with two attached hydrogens (primary N) is 1. The van der Waals surface area contributed by atoms with Gasteiger partial charge in [0.05, 0.1) is 0 Å². The van der Waals surface area contributed by atoms with E-state index in [0.29, 0.717) is 6.42 Å². The molecule has 126 valence electrons. The van der Waals surface area contributed by atoms with Gasteiger partial charge in [0.15, 0.2) is 0 Å². The van der Waals surface area contributed by atoms with Crippen molar-refractivity contribution >= 4 is 11.6 Å². The first-order chi connectivity index (χ1) is 11.7. The summed E-state index contributed by atoms with van der Waals surface area (Å²) in [4.78, 5) is 14.0. The van der Waals surface area contributed by atoms with Gasteiger partial charge in [0.2, 0.25) is 5.91 Å². The molecule has 1 fully saturated rings. The number of rotatable bonds is 6. The molecule has 0 radical (unpaired) electrons. The van der Waals surface area contributed by atoms with Crippen molar-refractivity contribution in [2.24, 2.45) is 5.73 Å². The highest BCUT2D eigenvalue weighted by Crippen LogP contribution is 2.30. The highest BCUT2D eigenvalue weighted by molar-refractivity contribution is 5.76. The smallest absolute Gasteiger partial charge is 0.219 e. The molecule has 0 aliphatic carbocycles. The average Bonchev–Trinajstić information content (AvgIpc) is 2.58. The predicted octanol–water partition coefficient (Wildman–Crippen LogP) is 3.01. The molecule has 1 heterocycles. The molecule has 1 amide bonds. The summed E-state index contributed by atoms with van der Waals surface area (Å²) in [6, 6.07) is 20.6. The molecule has 0 spiro atoms. The molecule has 2 aromatic rings. The lowest BCUT2D eigenvalue weighted by molar-refractivity contribution is -0.119. The number of carbonyl (C=O) groups is 1. The fraction of sp³-hybridized carbons (Fsp3) is 0.350. The van der Waals surface area contributed by atoms with Crippen LogP contribution in [-0.4, -0.2) is 29.4 Å². The summed E-state index contributed by atoms with van der Waals surface area (Å²) in [5, 5.41) is 3.58. The molecule has 1 aliphatic heterocycles.